The van der Waals surface area contributed by atoms with Crippen LogP contribution in [0.4, 0.5) is 0 Å². The van der Waals surface area contributed by atoms with Gasteiger partial charge in [-0.3, -0.25) is 9.78 Å². The van der Waals surface area contributed by atoms with Gasteiger partial charge in [0.2, 0.25) is 0 Å². The van der Waals surface area contributed by atoms with Crippen molar-refractivity contribution in [2.75, 3.05) is 6.61 Å². The number of halogens is 1. The number of aryl methyl sites for hydroxylation is 1. The van der Waals surface area contributed by atoms with Gasteiger partial charge in [-0.05, 0) is 42.8 Å². The standard InChI is InChI=1S/C23H21ClN4O2/c24-17-8-1-4-12-21(17)30-15-7-14-28-20-11-3-2-9-18(20)27-22(28)16-26-23(29)19-10-5-6-13-25-19/h1-6,8-13H,7,14-16H2,(H,26,29). The van der Waals surface area contributed by atoms with Gasteiger partial charge in [-0.25, -0.2) is 4.98 Å². The minimum absolute atomic E-state index is 0.226. The first kappa shape index (κ1) is 19.9. The lowest BCUT2D eigenvalue weighted by atomic mass is 10.3. The molecule has 2 aromatic carbocycles. The highest BCUT2D eigenvalue weighted by Gasteiger charge is 2.13. The molecule has 0 radical (unpaired) electrons. The van der Waals surface area contributed by atoms with Gasteiger partial charge in [0.05, 0.1) is 29.2 Å². The van der Waals surface area contributed by atoms with Crippen molar-refractivity contribution in [1.82, 2.24) is 19.9 Å². The van der Waals surface area contributed by atoms with E-state index in [0.717, 1.165) is 23.3 Å². The zero-order valence-electron chi connectivity index (χ0n) is 16.3. The molecule has 0 unspecified atom stereocenters. The molecular formula is C23H21ClN4O2. The summed E-state index contributed by atoms with van der Waals surface area (Å²) in [6.45, 7) is 1.55. The van der Waals surface area contributed by atoms with E-state index in [4.69, 9.17) is 21.3 Å². The number of hydrogen-bond donors (Lipinski definition) is 1. The predicted molar refractivity (Wildman–Crippen MR) is 117 cm³/mol. The summed E-state index contributed by atoms with van der Waals surface area (Å²) >= 11 is 6.14. The minimum Gasteiger partial charge on any atom is -0.492 e. The number of carbonyl (C=O) groups is 1. The first-order valence-corrected chi connectivity index (χ1v) is 10.1. The van der Waals surface area contributed by atoms with Crippen LogP contribution in [0.1, 0.15) is 22.7 Å². The van der Waals surface area contributed by atoms with Crippen molar-refractivity contribution in [3.8, 4) is 5.75 Å². The molecule has 4 rings (SSSR count). The molecule has 0 aliphatic rings. The Balaban J connectivity index is 1.43. The van der Waals surface area contributed by atoms with E-state index < -0.39 is 0 Å². The normalized spacial score (nSPS) is 10.8. The van der Waals surface area contributed by atoms with Crippen LogP contribution in [0.2, 0.25) is 5.02 Å². The average molecular weight is 421 g/mol. The highest BCUT2D eigenvalue weighted by molar-refractivity contribution is 6.32. The lowest BCUT2D eigenvalue weighted by Crippen LogP contribution is -2.25. The molecule has 0 saturated heterocycles. The maximum Gasteiger partial charge on any atom is 0.270 e. The summed E-state index contributed by atoms with van der Waals surface area (Å²) in [5, 5.41) is 3.51. The fourth-order valence-corrected chi connectivity index (χ4v) is 3.41. The predicted octanol–water partition coefficient (Wildman–Crippen LogP) is 4.48. The minimum atomic E-state index is -0.226. The van der Waals surface area contributed by atoms with Gasteiger partial charge in [0.25, 0.3) is 5.91 Å². The van der Waals surface area contributed by atoms with Gasteiger partial charge in [0.1, 0.15) is 17.3 Å². The molecule has 2 heterocycles. The molecule has 1 amide bonds. The molecule has 0 aliphatic carbocycles. The third kappa shape index (κ3) is 4.60. The van der Waals surface area contributed by atoms with Crippen molar-refractivity contribution < 1.29 is 9.53 Å². The number of amides is 1. The van der Waals surface area contributed by atoms with E-state index in [-0.39, 0.29) is 5.91 Å². The van der Waals surface area contributed by atoms with Crippen LogP contribution in [0.5, 0.6) is 5.75 Å². The molecule has 0 aliphatic heterocycles. The van der Waals surface area contributed by atoms with Gasteiger partial charge in [-0.15, -0.1) is 0 Å². The fraction of sp³-hybridized carbons (Fsp3) is 0.174. The highest BCUT2D eigenvalue weighted by Crippen LogP contribution is 2.23. The molecule has 2 aromatic heterocycles. The van der Waals surface area contributed by atoms with Crippen LogP contribution in [0.3, 0.4) is 0 Å². The number of rotatable bonds is 8. The second kappa shape index (κ2) is 9.41. The topological polar surface area (TPSA) is 69.0 Å². The zero-order chi connectivity index (χ0) is 20.8. The number of benzene rings is 2. The maximum atomic E-state index is 12.4. The number of carbonyl (C=O) groups excluding carboxylic acids is 1. The van der Waals surface area contributed by atoms with Crippen molar-refractivity contribution in [3.05, 3.63) is 89.5 Å². The van der Waals surface area contributed by atoms with Gasteiger partial charge in [0, 0.05) is 12.7 Å². The fourth-order valence-electron chi connectivity index (χ4n) is 3.22. The molecule has 152 valence electrons. The summed E-state index contributed by atoms with van der Waals surface area (Å²) in [6, 6.07) is 20.6. The number of ether oxygens (including phenoxy) is 1. The third-order valence-electron chi connectivity index (χ3n) is 4.66. The van der Waals surface area contributed by atoms with Crippen LogP contribution in [0.25, 0.3) is 11.0 Å². The first-order valence-electron chi connectivity index (χ1n) is 9.73. The molecule has 0 bridgehead atoms. The largest absolute Gasteiger partial charge is 0.492 e. The zero-order valence-corrected chi connectivity index (χ0v) is 17.0. The Hall–Kier alpha value is -3.38. The third-order valence-corrected chi connectivity index (χ3v) is 4.97. The van der Waals surface area contributed by atoms with E-state index in [2.05, 4.69) is 14.9 Å². The van der Waals surface area contributed by atoms with Gasteiger partial charge in [-0.1, -0.05) is 41.9 Å². The first-order chi connectivity index (χ1) is 14.7. The Morgan fingerprint density at radius 3 is 2.67 bits per heavy atom. The Bertz CT molecular complexity index is 1140. The maximum absolute atomic E-state index is 12.4. The second-order valence-corrected chi connectivity index (χ2v) is 7.11. The molecule has 1 N–H and O–H groups in total. The molecule has 0 saturated carbocycles. The summed E-state index contributed by atoms with van der Waals surface area (Å²) in [5.74, 6) is 1.24. The van der Waals surface area contributed by atoms with E-state index in [0.29, 0.717) is 36.2 Å². The van der Waals surface area contributed by atoms with Gasteiger partial charge >= 0.3 is 0 Å². The number of hydrogen-bond acceptors (Lipinski definition) is 4. The summed E-state index contributed by atoms with van der Waals surface area (Å²) in [4.78, 5) is 21.1. The van der Waals surface area contributed by atoms with Crippen molar-refractivity contribution in [1.29, 1.82) is 0 Å². The molecule has 6 nitrogen and oxygen atoms in total. The molecule has 0 spiro atoms. The number of aromatic nitrogens is 3. The molecule has 30 heavy (non-hydrogen) atoms. The summed E-state index contributed by atoms with van der Waals surface area (Å²) in [5.41, 5.74) is 2.30. The van der Waals surface area contributed by atoms with Crippen LogP contribution < -0.4 is 10.1 Å². The van der Waals surface area contributed by atoms with E-state index in [1.165, 1.54) is 0 Å². The molecule has 0 atom stereocenters. The number of nitrogens with zero attached hydrogens (tertiary/aromatic N) is 3. The smallest absolute Gasteiger partial charge is 0.270 e. The van der Waals surface area contributed by atoms with Crippen LogP contribution >= 0.6 is 11.6 Å². The molecule has 4 aromatic rings. The van der Waals surface area contributed by atoms with Crippen LogP contribution in [-0.4, -0.2) is 27.0 Å². The Labute approximate surface area is 179 Å². The van der Waals surface area contributed by atoms with E-state index >= 15 is 0 Å². The lowest BCUT2D eigenvalue weighted by Gasteiger charge is -2.11. The number of imidazole rings is 1. The summed E-state index contributed by atoms with van der Waals surface area (Å²) < 4.78 is 7.91. The number of fused-ring (bicyclic) bond motifs is 1. The van der Waals surface area contributed by atoms with Crippen molar-refractivity contribution in [3.63, 3.8) is 0 Å². The van der Waals surface area contributed by atoms with Crippen molar-refractivity contribution in [2.45, 2.75) is 19.5 Å². The van der Waals surface area contributed by atoms with E-state index in [1.807, 2.05) is 48.5 Å². The second-order valence-electron chi connectivity index (χ2n) is 6.70. The Kier molecular flexibility index (Phi) is 6.25. The monoisotopic (exact) mass is 420 g/mol. The summed E-state index contributed by atoms with van der Waals surface area (Å²) in [7, 11) is 0. The molecular weight excluding hydrogens is 400 g/mol. The van der Waals surface area contributed by atoms with Gasteiger partial charge in [0.15, 0.2) is 0 Å². The van der Waals surface area contributed by atoms with Crippen LogP contribution in [0, 0.1) is 0 Å². The van der Waals surface area contributed by atoms with E-state index in [9.17, 15) is 4.79 Å². The quantitative estimate of drug-likeness (QED) is 0.426. The van der Waals surface area contributed by atoms with E-state index in [1.54, 1.807) is 24.4 Å². The molecule has 7 heteroatoms. The number of para-hydroxylation sites is 3. The highest BCUT2D eigenvalue weighted by atomic mass is 35.5. The summed E-state index contributed by atoms with van der Waals surface area (Å²) in [6.07, 6.45) is 2.37. The van der Waals surface area contributed by atoms with Crippen molar-refractivity contribution in [2.24, 2.45) is 0 Å². The van der Waals surface area contributed by atoms with Crippen LogP contribution in [0.15, 0.2) is 72.9 Å². The average Bonchev–Trinajstić information content (AvgIpc) is 3.14. The molecule has 0 fully saturated rings. The SMILES string of the molecule is O=C(NCc1nc2ccccc2n1CCCOc1ccccc1Cl)c1ccccn1. The van der Waals surface area contributed by atoms with Crippen LogP contribution in [-0.2, 0) is 13.1 Å². The Morgan fingerprint density at radius 2 is 1.83 bits per heavy atom. The Morgan fingerprint density at radius 1 is 1.03 bits per heavy atom. The van der Waals surface area contributed by atoms with Gasteiger partial charge < -0.3 is 14.6 Å². The van der Waals surface area contributed by atoms with Crippen molar-refractivity contribution >= 4 is 28.5 Å². The number of nitrogens with one attached hydrogen (secondary N) is 1. The van der Waals surface area contributed by atoms with Gasteiger partial charge in [-0.2, -0.15) is 0 Å². The number of pyridine rings is 1. The lowest BCUT2D eigenvalue weighted by molar-refractivity contribution is 0.0944.